The molecule has 0 fully saturated rings. The van der Waals surface area contributed by atoms with E-state index in [-0.39, 0.29) is 5.75 Å². The van der Waals surface area contributed by atoms with Gasteiger partial charge in [0.15, 0.2) is 0 Å². The van der Waals surface area contributed by atoms with Crippen molar-refractivity contribution in [2.45, 2.75) is 24.6 Å². The monoisotopic (exact) mass is 339 g/mol. The van der Waals surface area contributed by atoms with Gasteiger partial charge >= 0.3 is 0 Å². The second-order valence-corrected chi connectivity index (χ2v) is 5.73. The molecule has 3 nitrogen and oxygen atoms in total. The van der Waals surface area contributed by atoms with Gasteiger partial charge in [0.2, 0.25) is 0 Å². The summed E-state index contributed by atoms with van der Waals surface area (Å²) in [6, 6.07) is 11.3. The molecule has 1 aromatic heterocycles. The maximum atomic E-state index is 12.1. The zero-order valence-corrected chi connectivity index (χ0v) is 13.5. The highest BCUT2D eigenvalue weighted by Gasteiger charge is 2.08. The summed E-state index contributed by atoms with van der Waals surface area (Å²) in [5.74, 6) is -0.112. The molecule has 0 radical (unpaired) electrons. The van der Waals surface area contributed by atoms with E-state index < -0.39 is 5.76 Å². The predicted octanol–water partition coefficient (Wildman–Crippen LogP) is 4.59. The van der Waals surface area contributed by atoms with E-state index in [2.05, 4.69) is 11.9 Å². The highest BCUT2D eigenvalue weighted by Crippen LogP contribution is 2.21. The van der Waals surface area contributed by atoms with Crippen LogP contribution in [0, 0.1) is 0 Å². The van der Waals surface area contributed by atoms with Gasteiger partial charge in [-0.2, -0.15) is 8.78 Å². The van der Waals surface area contributed by atoms with Crippen molar-refractivity contribution in [2.75, 3.05) is 6.61 Å². The zero-order valence-electron chi connectivity index (χ0n) is 12.6. The average Bonchev–Trinajstić information content (AvgIpc) is 3.00. The van der Waals surface area contributed by atoms with Crippen LogP contribution in [0.3, 0.4) is 0 Å². The number of nitrogens with one attached hydrogen (secondary N) is 1. The lowest BCUT2D eigenvalue weighted by molar-refractivity contribution is 0.251. The van der Waals surface area contributed by atoms with Crippen LogP contribution in [0.1, 0.15) is 17.1 Å². The molecular formula is C17H19F2NO2S. The summed E-state index contributed by atoms with van der Waals surface area (Å²) in [7, 11) is 0. The van der Waals surface area contributed by atoms with Crippen LogP contribution in [-0.4, -0.2) is 12.4 Å². The Morgan fingerprint density at radius 2 is 1.96 bits per heavy atom. The van der Waals surface area contributed by atoms with E-state index in [4.69, 9.17) is 9.15 Å². The third-order valence-electron chi connectivity index (χ3n) is 3.01. The van der Waals surface area contributed by atoms with E-state index in [1.807, 2.05) is 24.3 Å². The lowest BCUT2D eigenvalue weighted by atomic mass is 10.2. The molecule has 124 valence electrons. The van der Waals surface area contributed by atoms with Crippen molar-refractivity contribution >= 4 is 11.8 Å². The van der Waals surface area contributed by atoms with Gasteiger partial charge in [0.25, 0.3) is 5.76 Å². The van der Waals surface area contributed by atoms with E-state index in [0.717, 1.165) is 17.1 Å². The van der Waals surface area contributed by atoms with Crippen LogP contribution in [-0.2, 0) is 18.8 Å². The standard InChI is InChI=1S/C17H19F2NO2S/c1-2-9-21-16-6-4-3-5-13(16)10-20-11-14-7-8-15(22-14)12-23-17(18)19/h2-8,17,20H,1,9-12H2. The first-order chi connectivity index (χ1) is 11.2. The molecular weight excluding hydrogens is 320 g/mol. The van der Waals surface area contributed by atoms with Crippen molar-refractivity contribution in [1.29, 1.82) is 0 Å². The summed E-state index contributed by atoms with van der Waals surface area (Å²) in [5, 5.41) is 3.26. The minimum absolute atomic E-state index is 0.176. The first kappa shape index (κ1) is 17.6. The molecule has 0 aliphatic rings. The van der Waals surface area contributed by atoms with Crippen molar-refractivity contribution in [3.8, 4) is 5.75 Å². The number of rotatable bonds is 10. The van der Waals surface area contributed by atoms with E-state index >= 15 is 0 Å². The molecule has 1 N–H and O–H groups in total. The minimum atomic E-state index is -2.38. The van der Waals surface area contributed by atoms with Gasteiger partial charge in [-0.25, -0.2) is 0 Å². The van der Waals surface area contributed by atoms with Crippen LogP contribution in [0.2, 0.25) is 0 Å². The fourth-order valence-electron chi connectivity index (χ4n) is 2.00. The topological polar surface area (TPSA) is 34.4 Å². The second-order valence-electron chi connectivity index (χ2n) is 4.75. The lowest BCUT2D eigenvalue weighted by Gasteiger charge is -2.10. The number of hydrogen-bond acceptors (Lipinski definition) is 4. The smallest absolute Gasteiger partial charge is 0.284 e. The number of hydrogen-bond donors (Lipinski definition) is 1. The first-order valence-electron chi connectivity index (χ1n) is 7.18. The largest absolute Gasteiger partial charge is 0.489 e. The molecule has 0 saturated heterocycles. The van der Waals surface area contributed by atoms with Crippen molar-refractivity contribution in [3.63, 3.8) is 0 Å². The highest BCUT2D eigenvalue weighted by atomic mass is 32.2. The Balaban J connectivity index is 1.82. The van der Waals surface area contributed by atoms with Crippen LogP contribution in [0.5, 0.6) is 5.75 Å². The predicted molar refractivity (Wildman–Crippen MR) is 88.7 cm³/mol. The summed E-state index contributed by atoms with van der Waals surface area (Å²) in [6.07, 6.45) is 1.70. The Hall–Kier alpha value is -1.79. The van der Waals surface area contributed by atoms with Crippen molar-refractivity contribution in [3.05, 3.63) is 66.1 Å². The number of furan rings is 1. The van der Waals surface area contributed by atoms with Gasteiger partial charge in [-0.1, -0.05) is 42.6 Å². The number of para-hydroxylation sites is 1. The number of benzene rings is 1. The molecule has 2 aromatic rings. The molecule has 0 unspecified atom stereocenters. The molecule has 23 heavy (non-hydrogen) atoms. The van der Waals surface area contributed by atoms with Crippen molar-refractivity contribution < 1.29 is 17.9 Å². The maximum Gasteiger partial charge on any atom is 0.284 e. The zero-order chi connectivity index (χ0) is 16.5. The van der Waals surface area contributed by atoms with Crippen LogP contribution in [0.4, 0.5) is 8.78 Å². The number of ether oxygens (including phenoxy) is 1. The molecule has 2 rings (SSSR count). The normalized spacial score (nSPS) is 10.9. The van der Waals surface area contributed by atoms with Gasteiger partial charge in [-0.05, 0) is 18.2 Å². The van der Waals surface area contributed by atoms with Gasteiger partial charge in [-0.3, -0.25) is 0 Å². The second kappa shape index (κ2) is 9.37. The Kier molecular flexibility index (Phi) is 7.16. The fraction of sp³-hybridized carbons (Fsp3) is 0.294. The third kappa shape index (κ3) is 6.08. The van der Waals surface area contributed by atoms with Gasteiger partial charge in [0.05, 0.1) is 12.3 Å². The summed E-state index contributed by atoms with van der Waals surface area (Å²) in [6.45, 7) is 5.24. The summed E-state index contributed by atoms with van der Waals surface area (Å²) in [5.41, 5.74) is 1.04. The van der Waals surface area contributed by atoms with E-state index in [0.29, 0.717) is 37.2 Å². The summed E-state index contributed by atoms with van der Waals surface area (Å²) in [4.78, 5) is 0. The molecule has 0 spiro atoms. The van der Waals surface area contributed by atoms with Crippen LogP contribution in [0.25, 0.3) is 0 Å². The van der Waals surface area contributed by atoms with Crippen LogP contribution in [0.15, 0.2) is 53.5 Å². The quantitative estimate of drug-likeness (QED) is 0.642. The molecule has 1 heterocycles. The Morgan fingerprint density at radius 1 is 1.17 bits per heavy atom. The van der Waals surface area contributed by atoms with Crippen LogP contribution >= 0.6 is 11.8 Å². The van der Waals surface area contributed by atoms with Crippen molar-refractivity contribution in [2.24, 2.45) is 0 Å². The number of thioether (sulfide) groups is 1. The molecule has 0 amide bonds. The molecule has 0 bridgehead atoms. The van der Waals surface area contributed by atoms with E-state index in [1.165, 1.54) is 0 Å². The molecule has 1 aromatic carbocycles. The third-order valence-corrected chi connectivity index (χ3v) is 3.72. The Labute approximate surface area is 138 Å². The molecule has 6 heteroatoms. The summed E-state index contributed by atoms with van der Waals surface area (Å²) >= 11 is 0.556. The average molecular weight is 339 g/mol. The Bertz CT molecular complexity index is 616. The SMILES string of the molecule is C=CCOc1ccccc1CNCc1ccc(CSC(F)F)o1. The molecule has 0 saturated carbocycles. The summed E-state index contributed by atoms with van der Waals surface area (Å²) < 4.78 is 35.4. The molecule has 0 atom stereocenters. The maximum absolute atomic E-state index is 12.1. The molecule has 0 aliphatic carbocycles. The van der Waals surface area contributed by atoms with Gasteiger partial charge < -0.3 is 14.5 Å². The molecule has 0 aliphatic heterocycles. The lowest BCUT2D eigenvalue weighted by Crippen LogP contribution is -2.13. The number of alkyl halides is 2. The number of halogens is 2. The van der Waals surface area contributed by atoms with Crippen LogP contribution < -0.4 is 10.1 Å². The van der Waals surface area contributed by atoms with Gasteiger partial charge in [0.1, 0.15) is 23.9 Å². The fourth-order valence-corrected chi connectivity index (χ4v) is 2.45. The van der Waals surface area contributed by atoms with E-state index in [9.17, 15) is 8.78 Å². The Morgan fingerprint density at radius 3 is 2.74 bits per heavy atom. The van der Waals surface area contributed by atoms with Gasteiger partial charge in [0, 0.05) is 12.1 Å². The van der Waals surface area contributed by atoms with Gasteiger partial charge in [-0.15, -0.1) is 0 Å². The van der Waals surface area contributed by atoms with Crippen molar-refractivity contribution in [1.82, 2.24) is 5.32 Å². The first-order valence-corrected chi connectivity index (χ1v) is 8.23. The highest BCUT2D eigenvalue weighted by molar-refractivity contribution is 7.98. The van der Waals surface area contributed by atoms with E-state index in [1.54, 1.807) is 18.2 Å². The minimum Gasteiger partial charge on any atom is -0.489 e.